The molecular weight excluding hydrogens is 348 g/mol. The Labute approximate surface area is 162 Å². The molecule has 1 atom stereocenters. The van der Waals surface area contributed by atoms with E-state index in [2.05, 4.69) is 59.7 Å². The van der Waals surface area contributed by atoms with Crippen LogP contribution in [0.25, 0.3) is 32.9 Å². The van der Waals surface area contributed by atoms with Gasteiger partial charge >= 0.3 is 0 Å². The highest BCUT2D eigenvalue weighted by Gasteiger charge is 2.34. The molecule has 1 aromatic heterocycles. The van der Waals surface area contributed by atoms with Crippen LogP contribution in [-0.4, -0.2) is 18.0 Å². The van der Waals surface area contributed by atoms with E-state index in [0.717, 1.165) is 34.2 Å². The van der Waals surface area contributed by atoms with Crippen molar-refractivity contribution in [1.82, 2.24) is 10.3 Å². The zero-order valence-corrected chi connectivity index (χ0v) is 15.8. The SMILES string of the molecule is COC(C)c1ccc2[nH]c3c4c(c5c(c3c2c1)CNC5=O)-c1ccccc1C4. The molecule has 6 rings (SSSR count). The molecule has 4 heteroatoms. The van der Waals surface area contributed by atoms with E-state index in [1.807, 2.05) is 0 Å². The minimum atomic E-state index is 0.0286. The number of fused-ring (bicyclic) bond motifs is 10. The second kappa shape index (κ2) is 5.46. The number of rotatable bonds is 2. The van der Waals surface area contributed by atoms with Crippen molar-refractivity contribution in [2.75, 3.05) is 7.11 Å². The van der Waals surface area contributed by atoms with Gasteiger partial charge in [-0.3, -0.25) is 4.79 Å². The fourth-order valence-corrected chi connectivity index (χ4v) is 4.96. The van der Waals surface area contributed by atoms with Crippen LogP contribution >= 0.6 is 0 Å². The minimum Gasteiger partial charge on any atom is -0.377 e. The summed E-state index contributed by atoms with van der Waals surface area (Å²) in [5.41, 5.74) is 10.2. The maximum absolute atomic E-state index is 12.8. The number of hydrogen-bond donors (Lipinski definition) is 2. The number of nitrogens with one attached hydrogen (secondary N) is 2. The number of methoxy groups -OCH3 is 1. The molecule has 3 aromatic carbocycles. The van der Waals surface area contributed by atoms with Crippen molar-refractivity contribution in [3.05, 3.63) is 70.3 Å². The van der Waals surface area contributed by atoms with E-state index in [1.54, 1.807) is 7.11 Å². The Morgan fingerprint density at radius 3 is 2.79 bits per heavy atom. The lowest BCUT2D eigenvalue weighted by molar-refractivity contribution is 0.0966. The third kappa shape index (κ3) is 1.90. The number of aromatic amines is 1. The van der Waals surface area contributed by atoms with Gasteiger partial charge in [-0.1, -0.05) is 30.3 Å². The van der Waals surface area contributed by atoms with E-state index in [-0.39, 0.29) is 12.0 Å². The number of benzene rings is 3. The van der Waals surface area contributed by atoms with Gasteiger partial charge in [-0.05, 0) is 46.9 Å². The molecular formula is C24H20N2O2. The number of carbonyl (C=O) groups excluding carboxylic acids is 1. The summed E-state index contributed by atoms with van der Waals surface area (Å²) < 4.78 is 5.52. The van der Waals surface area contributed by atoms with Crippen molar-refractivity contribution >= 4 is 27.7 Å². The normalized spacial score (nSPS) is 15.6. The molecule has 4 aromatic rings. The van der Waals surface area contributed by atoms with E-state index < -0.39 is 0 Å². The Morgan fingerprint density at radius 2 is 1.93 bits per heavy atom. The fraction of sp³-hybridized carbons (Fsp3) is 0.208. The summed E-state index contributed by atoms with van der Waals surface area (Å²) in [6.45, 7) is 2.64. The highest BCUT2D eigenvalue weighted by Crippen LogP contribution is 2.47. The fourth-order valence-electron chi connectivity index (χ4n) is 4.96. The molecule has 4 nitrogen and oxygen atoms in total. The Hall–Kier alpha value is -3.11. The second-order valence-corrected chi connectivity index (χ2v) is 7.78. The maximum Gasteiger partial charge on any atom is 0.252 e. The van der Waals surface area contributed by atoms with Crippen LogP contribution in [0.2, 0.25) is 0 Å². The number of H-pyrrole nitrogens is 1. The van der Waals surface area contributed by atoms with E-state index in [9.17, 15) is 4.79 Å². The zero-order valence-electron chi connectivity index (χ0n) is 15.8. The van der Waals surface area contributed by atoms with Crippen LogP contribution in [-0.2, 0) is 17.7 Å². The smallest absolute Gasteiger partial charge is 0.252 e. The van der Waals surface area contributed by atoms with Crippen molar-refractivity contribution in [3.63, 3.8) is 0 Å². The molecule has 0 saturated carbocycles. The third-order valence-corrected chi connectivity index (χ3v) is 6.41. The lowest BCUT2D eigenvalue weighted by atomic mass is 9.92. The summed E-state index contributed by atoms with van der Waals surface area (Å²) in [4.78, 5) is 16.5. The predicted molar refractivity (Wildman–Crippen MR) is 111 cm³/mol. The third-order valence-electron chi connectivity index (χ3n) is 6.41. The lowest BCUT2D eigenvalue weighted by Crippen LogP contribution is -2.13. The first-order valence-corrected chi connectivity index (χ1v) is 9.69. The molecule has 2 N–H and O–H groups in total. The van der Waals surface area contributed by atoms with Crippen molar-refractivity contribution in [3.8, 4) is 11.1 Å². The molecule has 0 fully saturated rings. The predicted octanol–water partition coefficient (Wildman–Crippen LogP) is 4.84. The molecule has 2 aliphatic rings. The van der Waals surface area contributed by atoms with Gasteiger partial charge in [0.1, 0.15) is 0 Å². The Kier molecular flexibility index (Phi) is 3.10. The first kappa shape index (κ1) is 15.9. The number of ether oxygens (including phenoxy) is 1. The van der Waals surface area contributed by atoms with Gasteiger partial charge in [-0.15, -0.1) is 0 Å². The van der Waals surface area contributed by atoms with E-state index >= 15 is 0 Å². The van der Waals surface area contributed by atoms with Crippen molar-refractivity contribution < 1.29 is 9.53 Å². The summed E-state index contributed by atoms with van der Waals surface area (Å²) in [7, 11) is 1.73. The van der Waals surface area contributed by atoms with E-state index in [1.165, 1.54) is 33.0 Å². The topological polar surface area (TPSA) is 54.1 Å². The number of hydrogen-bond acceptors (Lipinski definition) is 2. The molecule has 1 amide bonds. The molecule has 2 heterocycles. The van der Waals surface area contributed by atoms with Gasteiger partial charge in [-0.2, -0.15) is 0 Å². The average Bonchev–Trinajstić information content (AvgIpc) is 3.39. The van der Waals surface area contributed by atoms with Crippen LogP contribution in [0.15, 0.2) is 42.5 Å². The van der Waals surface area contributed by atoms with Crippen molar-refractivity contribution in [1.29, 1.82) is 0 Å². The summed E-state index contributed by atoms with van der Waals surface area (Å²) in [6, 6.07) is 14.9. The molecule has 28 heavy (non-hydrogen) atoms. The molecule has 0 saturated heterocycles. The van der Waals surface area contributed by atoms with Crippen LogP contribution < -0.4 is 5.32 Å². The molecule has 138 valence electrons. The first-order chi connectivity index (χ1) is 13.7. The van der Waals surface area contributed by atoms with Crippen LogP contribution in [0.3, 0.4) is 0 Å². The highest BCUT2D eigenvalue weighted by molar-refractivity contribution is 6.19. The Morgan fingerprint density at radius 1 is 1.07 bits per heavy atom. The number of amides is 1. The van der Waals surface area contributed by atoms with Gasteiger partial charge in [0.05, 0.1) is 17.2 Å². The molecule has 0 bridgehead atoms. The largest absolute Gasteiger partial charge is 0.377 e. The second-order valence-electron chi connectivity index (χ2n) is 7.78. The molecule has 1 unspecified atom stereocenters. The maximum atomic E-state index is 12.8. The van der Waals surface area contributed by atoms with Gasteiger partial charge in [0, 0.05) is 41.9 Å². The number of aromatic nitrogens is 1. The summed E-state index contributed by atoms with van der Waals surface area (Å²) >= 11 is 0. The lowest BCUT2D eigenvalue weighted by Gasteiger charge is -2.11. The van der Waals surface area contributed by atoms with Crippen LogP contribution in [0.4, 0.5) is 0 Å². The van der Waals surface area contributed by atoms with Gasteiger partial charge in [0.15, 0.2) is 0 Å². The number of carbonyl (C=O) groups is 1. The van der Waals surface area contributed by atoms with Crippen molar-refractivity contribution in [2.45, 2.75) is 26.0 Å². The van der Waals surface area contributed by atoms with Crippen LogP contribution in [0, 0.1) is 0 Å². The Bertz CT molecular complexity index is 1320. The van der Waals surface area contributed by atoms with Gasteiger partial charge in [-0.25, -0.2) is 0 Å². The van der Waals surface area contributed by atoms with Gasteiger partial charge in [0.25, 0.3) is 5.91 Å². The monoisotopic (exact) mass is 368 g/mol. The summed E-state index contributed by atoms with van der Waals surface area (Å²) in [6.07, 6.45) is 0.886. The van der Waals surface area contributed by atoms with Crippen LogP contribution in [0.5, 0.6) is 0 Å². The molecule has 0 radical (unpaired) electrons. The van der Waals surface area contributed by atoms with Gasteiger partial charge in [0.2, 0.25) is 0 Å². The van der Waals surface area contributed by atoms with E-state index in [0.29, 0.717) is 6.54 Å². The van der Waals surface area contributed by atoms with Crippen LogP contribution in [0.1, 0.15) is 45.6 Å². The quantitative estimate of drug-likeness (QED) is 0.468. The summed E-state index contributed by atoms with van der Waals surface area (Å²) in [5.74, 6) is 0.0422. The molecule has 0 spiro atoms. The Balaban J connectivity index is 1.76. The van der Waals surface area contributed by atoms with E-state index in [4.69, 9.17) is 4.74 Å². The summed E-state index contributed by atoms with van der Waals surface area (Å²) in [5, 5.41) is 5.41. The highest BCUT2D eigenvalue weighted by atomic mass is 16.5. The molecule has 1 aliphatic carbocycles. The van der Waals surface area contributed by atoms with Gasteiger partial charge < -0.3 is 15.0 Å². The standard InChI is InChI=1S/C24H20N2O2/c1-12(28-2)13-7-8-19-16(9-13)21-18-11-25-24(27)22(18)20-15-6-4-3-5-14(15)10-17(20)23(21)26-19/h3-9,12,26H,10-11H2,1-2H3,(H,25,27). The minimum absolute atomic E-state index is 0.0286. The zero-order chi connectivity index (χ0) is 19.0. The average molecular weight is 368 g/mol. The first-order valence-electron chi connectivity index (χ1n) is 9.69. The molecule has 1 aliphatic heterocycles. The van der Waals surface area contributed by atoms with Crippen molar-refractivity contribution in [2.24, 2.45) is 0 Å².